The van der Waals surface area contributed by atoms with E-state index in [2.05, 4.69) is 10.2 Å². The summed E-state index contributed by atoms with van der Waals surface area (Å²) in [7, 11) is 0. The van der Waals surface area contributed by atoms with Crippen molar-refractivity contribution < 1.29 is 31.8 Å². The lowest BCUT2D eigenvalue weighted by atomic mass is 9.97. The van der Waals surface area contributed by atoms with Gasteiger partial charge in [0, 0.05) is 17.5 Å². The number of hydrogen-bond acceptors (Lipinski definition) is 4. The van der Waals surface area contributed by atoms with Crippen LogP contribution in [0.25, 0.3) is 11.3 Å². The Balaban J connectivity index is 1.50. The van der Waals surface area contributed by atoms with Crippen molar-refractivity contribution in [3.8, 4) is 17.0 Å². The number of rotatable bonds is 8. The van der Waals surface area contributed by atoms with Crippen molar-refractivity contribution in [3.05, 3.63) is 70.7 Å². The van der Waals surface area contributed by atoms with E-state index in [0.29, 0.717) is 24.0 Å². The molecule has 0 bridgehead atoms. The molecule has 1 aromatic heterocycles. The minimum Gasteiger partial charge on any atom is -0.490 e. The number of ether oxygens (including phenoxy) is 2. The smallest absolute Gasteiger partial charge is 0.433 e. The van der Waals surface area contributed by atoms with E-state index in [-0.39, 0.29) is 54.9 Å². The fourth-order valence-corrected chi connectivity index (χ4v) is 4.41. The number of halogens is 4. The van der Waals surface area contributed by atoms with Gasteiger partial charge in [-0.05, 0) is 42.9 Å². The minimum absolute atomic E-state index is 0.0196. The molecule has 0 saturated heterocycles. The molecule has 0 fully saturated rings. The fraction of sp³-hybridized carbons (Fsp3) is 0.360. The van der Waals surface area contributed by atoms with Gasteiger partial charge >= 0.3 is 12.1 Å². The zero-order valence-electron chi connectivity index (χ0n) is 18.5. The van der Waals surface area contributed by atoms with E-state index >= 15 is 4.39 Å². The van der Waals surface area contributed by atoms with Gasteiger partial charge in [0.15, 0.2) is 11.6 Å². The number of aromatic nitrogens is 2. The van der Waals surface area contributed by atoms with Crippen molar-refractivity contribution in [1.29, 1.82) is 0 Å². The summed E-state index contributed by atoms with van der Waals surface area (Å²) in [5.74, 6) is -0.994. The van der Waals surface area contributed by atoms with Gasteiger partial charge in [0.2, 0.25) is 0 Å². The van der Waals surface area contributed by atoms with Crippen LogP contribution in [0.3, 0.4) is 0 Å². The van der Waals surface area contributed by atoms with Crippen LogP contribution in [0.1, 0.15) is 48.1 Å². The van der Waals surface area contributed by atoms with E-state index in [0.717, 1.165) is 5.56 Å². The summed E-state index contributed by atoms with van der Waals surface area (Å²) >= 11 is 0. The zero-order valence-corrected chi connectivity index (χ0v) is 18.5. The Bertz CT molecular complexity index is 1160. The molecule has 4 rings (SSSR count). The van der Waals surface area contributed by atoms with E-state index in [4.69, 9.17) is 9.47 Å². The third-order valence-corrected chi connectivity index (χ3v) is 5.95. The van der Waals surface area contributed by atoms with Gasteiger partial charge in [0.25, 0.3) is 0 Å². The summed E-state index contributed by atoms with van der Waals surface area (Å²) in [6, 6.07) is 11.7. The Morgan fingerprint density at radius 1 is 1.18 bits per heavy atom. The lowest BCUT2D eigenvalue weighted by Crippen LogP contribution is -2.12. The Hall–Kier alpha value is -3.36. The number of carbonyl (C=O) groups excluding carboxylic acids is 1. The van der Waals surface area contributed by atoms with Gasteiger partial charge < -0.3 is 9.47 Å². The number of carbonyl (C=O) groups is 1. The molecule has 1 aliphatic rings. The van der Waals surface area contributed by atoms with Gasteiger partial charge in [-0.25, -0.2) is 4.39 Å². The zero-order chi connectivity index (χ0) is 24.3. The Kier molecular flexibility index (Phi) is 6.90. The number of nitrogens with zero attached hydrogens (tertiary/aromatic N) is 1. The Morgan fingerprint density at radius 2 is 1.94 bits per heavy atom. The lowest BCUT2D eigenvalue weighted by Gasteiger charge is -2.14. The third-order valence-electron chi connectivity index (χ3n) is 5.95. The van der Waals surface area contributed by atoms with Crippen molar-refractivity contribution >= 4 is 5.97 Å². The maximum atomic E-state index is 15.1. The fourth-order valence-electron chi connectivity index (χ4n) is 4.41. The molecule has 1 atom stereocenters. The Morgan fingerprint density at radius 3 is 2.65 bits per heavy atom. The highest BCUT2D eigenvalue weighted by Crippen LogP contribution is 2.40. The molecular formula is C25H24F4N2O3. The molecule has 5 nitrogen and oxygen atoms in total. The van der Waals surface area contributed by atoms with Crippen LogP contribution in [0.5, 0.6) is 5.75 Å². The predicted octanol–water partition coefficient (Wildman–Crippen LogP) is 5.84. The molecule has 1 heterocycles. The molecule has 0 saturated carbocycles. The second kappa shape index (κ2) is 9.87. The maximum Gasteiger partial charge on any atom is 0.433 e. The lowest BCUT2D eigenvalue weighted by molar-refractivity contribution is -0.143. The first kappa shape index (κ1) is 23.8. The molecule has 1 aliphatic carbocycles. The normalized spacial score (nSPS) is 15.3. The highest BCUT2D eigenvalue weighted by molar-refractivity contribution is 5.71. The van der Waals surface area contributed by atoms with E-state index in [1.54, 1.807) is 43.3 Å². The van der Waals surface area contributed by atoms with Crippen molar-refractivity contribution in [1.82, 2.24) is 10.2 Å². The van der Waals surface area contributed by atoms with Crippen LogP contribution in [0.2, 0.25) is 0 Å². The number of benzene rings is 2. The largest absolute Gasteiger partial charge is 0.490 e. The summed E-state index contributed by atoms with van der Waals surface area (Å²) < 4.78 is 66.2. The molecule has 0 aliphatic heterocycles. The number of aromatic amines is 1. The molecule has 0 amide bonds. The van der Waals surface area contributed by atoms with Gasteiger partial charge in [0.1, 0.15) is 5.69 Å². The van der Waals surface area contributed by atoms with Gasteiger partial charge in [-0.1, -0.05) is 36.4 Å². The average Bonchev–Trinajstić information content (AvgIpc) is 3.41. The van der Waals surface area contributed by atoms with Crippen molar-refractivity contribution in [3.63, 3.8) is 0 Å². The Labute approximate surface area is 194 Å². The van der Waals surface area contributed by atoms with Crippen LogP contribution in [0.4, 0.5) is 17.6 Å². The molecule has 2 aromatic carbocycles. The summed E-state index contributed by atoms with van der Waals surface area (Å²) in [5, 5.41) is 5.97. The van der Waals surface area contributed by atoms with Crippen molar-refractivity contribution in [2.24, 2.45) is 0 Å². The van der Waals surface area contributed by atoms with Crippen molar-refractivity contribution in [2.75, 3.05) is 13.2 Å². The standard InChI is InChI=1S/C25H24F4N2O3/c1-2-33-21(32)14-16-8-9-18-17(16)10-11-20(22(18)26)34-13-12-19-23(15-6-4-3-5-7-15)30-31-24(19)25(27,28)29/h3-7,10-11,16H,2,8-9,12-14H2,1H3,(H,30,31)/t16-/m0/s1. The van der Waals surface area contributed by atoms with E-state index in [9.17, 15) is 18.0 Å². The number of hydrogen-bond donors (Lipinski definition) is 1. The van der Waals surface area contributed by atoms with Gasteiger partial charge in [-0.3, -0.25) is 9.89 Å². The predicted molar refractivity (Wildman–Crippen MR) is 117 cm³/mol. The maximum absolute atomic E-state index is 15.1. The molecule has 0 radical (unpaired) electrons. The van der Waals surface area contributed by atoms with Gasteiger partial charge in [0.05, 0.1) is 25.3 Å². The minimum atomic E-state index is -4.61. The topological polar surface area (TPSA) is 64.2 Å². The number of nitrogens with one attached hydrogen (secondary N) is 1. The number of H-pyrrole nitrogens is 1. The SMILES string of the molecule is CCOC(=O)C[C@@H]1CCc2c1ccc(OCCc1c(-c3ccccc3)n[nH]c1C(F)(F)F)c2F. The molecule has 9 heteroatoms. The number of alkyl halides is 3. The molecule has 3 aromatic rings. The first-order chi connectivity index (χ1) is 16.3. The van der Waals surface area contributed by atoms with Crippen LogP contribution in [-0.2, 0) is 28.5 Å². The van der Waals surface area contributed by atoms with Crippen LogP contribution in [0.15, 0.2) is 42.5 Å². The number of esters is 1. The number of fused-ring (bicyclic) bond motifs is 1. The van der Waals surface area contributed by atoms with E-state index in [1.807, 2.05) is 0 Å². The molecular weight excluding hydrogens is 452 g/mol. The second-order valence-corrected chi connectivity index (χ2v) is 8.08. The molecule has 1 N–H and O–H groups in total. The van der Waals surface area contributed by atoms with E-state index < -0.39 is 17.7 Å². The second-order valence-electron chi connectivity index (χ2n) is 8.08. The highest BCUT2D eigenvalue weighted by atomic mass is 19.4. The summed E-state index contributed by atoms with van der Waals surface area (Å²) in [4.78, 5) is 11.8. The van der Waals surface area contributed by atoms with Crippen LogP contribution >= 0.6 is 0 Å². The first-order valence-corrected chi connectivity index (χ1v) is 11.1. The summed E-state index contributed by atoms with van der Waals surface area (Å²) in [6.45, 7) is 1.86. The molecule has 0 unspecified atom stereocenters. The summed E-state index contributed by atoms with van der Waals surface area (Å²) in [6.07, 6.45) is -3.46. The molecule has 180 valence electrons. The molecule has 0 spiro atoms. The molecule has 34 heavy (non-hydrogen) atoms. The first-order valence-electron chi connectivity index (χ1n) is 11.1. The highest BCUT2D eigenvalue weighted by Gasteiger charge is 2.37. The van der Waals surface area contributed by atoms with Gasteiger partial charge in [-0.15, -0.1) is 0 Å². The third kappa shape index (κ3) is 4.93. The average molecular weight is 476 g/mol. The van der Waals surface area contributed by atoms with E-state index in [1.165, 1.54) is 6.07 Å². The summed E-state index contributed by atoms with van der Waals surface area (Å²) in [5.41, 5.74) is 0.990. The van der Waals surface area contributed by atoms with Crippen LogP contribution in [-0.4, -0.2) is 29.4 Å². The van der Waals surface area contributed by atoms with Crippen LogP contribution < -0.4 is 4.74 Å². The van der Waals surface area contributed by atoms with Gasteiger partial charge in [-0.2, -0.15) is 18.3 Å². The monoisotopic (exact) mass is 476 g/mol. The quantitative estimate of drug-likeness (QED) is 0.328. The van der Waals surface area contributed by atoms with Crippen LogP contribution in [0, 0.1) is 5.82 Å². The van der Waals surface area contributed by atoms with Crippen molar-refractivity contribution in [2.45, 2.75) is 44.7 Å².